The summed E-state index contributed by atoms with van der Waals surface area (Å²) >= 11 is 0. The number of carbonyl (C=O) groups excluding carboxylic acids is 1. The lowest BCUT2D eigenvalue weighted by atomic mass is 9.81. The van der Waals surface area contributed by atoms with Gasteiger partial charge in [0.1, 0.15) is 0 Å². The maximum Gasteiger partial charge on any atom is 0.220 e. The zero-order chi connectivity index (χ0) is 14.5. The molecule has 0 aromatic carbocycles. The minimum atomic E-state index is -0.116. The Morgan fingerprint density at radius 1 is 1.21 bits per heavy atom. The molecule has 1 saturated heterocycles. The van der Waals surface area contributed by atoms with Crippen LogP contribution in [0.3, 0.4) is 0 Å². The number of piperidine rings is 1. The van der Waals surface area contributed by atoms with Gasteiger partial charge in [0, 0.05) is 18.0 Å². The normalized spacial score (nSPS) is 21.2. The van der Waals surface area contributed by atoms with Crippen LogP contribution in [0.2, 0.25) is 0 Å². The maximum absolute atomic E-state index is 12.0. The lowest BCUT2D eigenvalue weighted by Gasteiger charge is -2.33. The SMILES string of the molecule is CC(C)(C)CC(C)(C)NC(=O)CCC1CCCCN1. The van der Waals surface area contributed by atoms with Crippen LogP contribution < -0.4 is 10.6 Å². The number of amides is 1. The first-order chi connectivity index (χ1) is 8.68. The van der Waals surface area contributed by atoms with Gasteiger partial charge in [0.25, 0.3) is 0 Å². The Morgan fingerprint density at radius 2 is 1.89 bits per heavy atom. The Balaban J connectivity index is 2.29. The summed E-state index contributed by atoms with van der Waals surface area (Å²) in [7, 11) is 0. The van der Waals surface area contributed by atoms with E-state index in [-0.39, 0.29) is 16.9 Å². The molecule has 1 atom stereocenters. The summed E-state index contributed by atoms with van der Waals surface area (Å²) in [5.41, 5.74) is 0.122. The first kappa shape index (κ1) is 16.5. The van der Waals surface area contributed by atoms with Gasteiger partial charge in [-0.3, -0.25) is 4.79 Å². The van der Waals surface area contributed by atoms with Crippen LogP contribution in [0.1, 0.15) is 73.1 Å². The third-order valence-electron chi connectivity index (χ3n) is 3.58. The van der Waals surface area contributed by atoms with Crippen LogP contribution in [-0.2, 0) is 4.79 Å². The fourth-order valence-electron chi connectivity index (χ4n) is 3.29. The van der Waals surface area contributed by atoms with Gasteiger partial charge in [0.2, 0.25) is 5.91 Å². The van der Waals surface area contributed by atoms with Gasteiger partial charge in [0.15, 0.2) is 0 Å². The van der Waals surface area contributed by atoms with Crippen molar-refractivity contribution in [3.63, 3.8) is 0 Å². The van der Waals surface area contributed by atoms with E-state index in [1.54, 1.807) is 0 Å². The molecule has 1 aliphatic rings. The summed E-state index contributed by atoms with van der Waals surface area (Å²) in [6, 6.07) is 0.547. The van der Waals surface area contributed by atoms with E-state index in [0.717, 1.165) is 19.4 Å². The Labute approximate surface area is 118 Å². The summed E-state index contributed by atoms with van der Waals surface area (Å²) in [5, 5.41) is 6.68. The fraction of sp³-hybridized carbons (Fsp3) is 0.938. The molecule has 1 unspecified atom stereocenters. The number of nitrogens with one attached hydrogen (secondary N) is 2. The summed E-state index contributed by atoms with van der Waals surface area (Å²) < 4.78 is 0. The van der Waals surface area contributed by atoms with Crippen molar-refractivity contribution < 1.29 is 4.79 Å². The second-order valence-corrected chi connectivity index (χ2v) is 7.86. The first-order valence-corrected chi connectivity index (χ1v) is 7.72. The number of carbonyl (C=O) groups is 1. The molecule has 0 radical (unpaired) electrons. The van der Waals surface area contributed by atoms with E-state index in [9.17, 15) is 4.79 Å². The van der Waals surface area contributed by atoms with Crippen molar-refractivity contribution >= 4 is 5.91 Å². The van der Waals surface area contributed by atoms with Crippen LogP contribution in [0, 0.1) is 5.41 Å². The second kappa shape index (κ2) is 6.74. The van der Waals surface area contributed by atoms with Crippen molar-refractivity contribution in [1.29, 1.82) is 0 Å². The molecule has 2 N–H and O–H groups in total. The van der Waals surface area contributed by atoms with E-state index in [2.05, 4.69) is 45.3 Å². The summed E-state index contributed by atoms with van der Waals surface area (Å²) in [5.74, 6) is 0.196. The predicted molar refractivity (Wildman–Crippen MR) is 81.2 cm³/mol. The van der Waals surface area contributed by atoms with Crippen LogP contribution in [0.5, 0.6) is 0 Å². The van der Waals surface area contributed by atoms with Crippen LogP contribution in [0.15, 0.2) is 0 Å². The Hall–Kier alpha value is -0.570. The molecule has 0 aromatic rings. The molecule has 3 nitrogen and oxygen atoms in total. The van der Waals surface area contributed by atoms with Gasteiger partial charge < -0.3 is 10.6 Å². The van der Waals surface area contributed by atoms with E-state index in [1.807, 2.05) is 0 Å². The molecule has 0 aromatic heterocycles. The topological polar surface area (TPSA) is 41.1 Å². The molecule has 0 aliphatic carbocycles. The van der Waals surface area contributed by atoms with E-state index in [4.69, 9.17) is 0 Å². The van der Waals surface area contributed by atoms with Crippen molar-refractivity contribution in [3.05, 3.63) is 0 Å². The fourth-order valence-corrected chi connectivity index (χ4v) is 3.29. The van der Waals surface area contributed by atoms with Crippen LogP contribution in [-0.4, -0.2) is 24.0 Å². The molecule has 0 spiro atoms. The highest BCUT2D eigenvalue weighted by Crippen LogP contribution is 2.26. The minimum absolute atomic E-state index is 0.116. The van der Waals surface area contributed by atoms with Gasteiger partial charge in [-0.15, -0.1) is 0 Å². The molecule has 1 fully saturated rings. The van der Waals surface area contributed by atoms with Crippen LogP contribution in [0.4, 0.5) is 0 Å². The van der Waals surface area contributed by atoms with Crippen molar-refractivity contribution in [3.8, 4) is 0 Å². The number of hydrogen-bond donors (Lipinski definition) is 2. The van der Waals surface area contributed by atoms with Gasteiger partial charge in [0.05, 0.1) is 0 Å². The second-order valence-electron chi connectivity index (χ2n) is 7.86. The van der Waals surface area contributed by atoms with Crippen molar-refractivity contribution in [2.45, 2.75) is 84.7 Å². The van der Waals surface area contributed by atoms with Gasteiger partial charge in [-0.1, -0.05) is 27.2 Å². The largest absolute Gasteiger partial charge is 0.351 e. The zero-order valence-corrected chi connectivity index (χ0v) is 13.4. The highest BCUT2D eigenvalue weighted by Gasteiger charge is 2.27. The molecular weight excluding hydrogens is 236 g/mol. The Bertz CT molecular complexity index is 286. The monoisotopic (exact) mass is 268 g/mol. The highest BCUT2D eigenvalue weighted by molar-refractivity contribution is 5.76. The first-order valence-electron chi connectivity index (χ1n) is 7.72. The van der Waals surface area contributed by atoms with Crippen molar-refractivity contribution in [1.82, 2.24) is 10.6 Å². The molecule has 1 amide bonds. The molecule has 19 heavy (non-hydrogen) atoms. The van der Waals surface area contributed by atoms with Gasteiger partial charge in [-0.2, -0.15) is 0 Å². The minimum Gasteiger partial charge on any atom is -0.351 e. The van der Waals surface area contributed by atoms with Crippen molar-refractivity contribution in [2.75, 3.05) is 6.54 Å². The molecule has 1 heterocycles. The summed E-state index contributed by atoms with van der Waals surface area (Å²) in [4.78, 5) is 12.0. The molecule has 0 saturated carbocycles. The number of rotatable bonds is 5. The summed E-state index contributed by atoms with van der Waals surface area (Å²) in [6.45, 7) is 12.0. The summed E-state index contributed by atoms with van der Waals surface area (Å²) in [6.07, 6.45) is 6.41. The van der Waals surface area contributed by atoms with Gasteiger partial charge >= 0.3 is 0 Å². The molecule has 0 bridgehead atoms. The smallest absolute Gasteiger partial charge is 0.220 e. The quantitative estimate of drug-likeness (QED) is 0.803. The standard InChI is InChI=1S/C16H32N2O/c1-15(2,3)12-16(4,5)18-14(19)10-9-13-8-6-7-11-17-13/h13,17H,6-12H2,1-5H3,(H,18,19). The maximum atomic E-state index is 12.0. The van der Waals surface area contributed by atoms with E-state index in [0.29, 0.717) is 12.5 Å². The lowest BCUT2D eigenvalue weighted by Crippen LogP contribution is -2.46. The van der Waals surface area contributed by atoms with Crippen molar-refractivity contribution in [2.24, 2.45) is 5.41 Å². The highest BCUT2D eigenvalue weighted by atomic mass is 16.1. The molecular formula is C16H32N2O. The van der Waals surface area contributed by atoms with Gasteiger partial charge in [-0.05, 0) is 51.5 Å². The number of hydrogen-bond acceptors (Lipinski definition) is 2. The van der Waals surface area contributed by atoms with E-state index in [1.165, 1.54) is 19.3 Å². The molecule has 112 valence electrons. The van der Waals surface area contributed by atoms with E-state index >= 15 is 0 Å². The van der Waals surface area contributed by atoms with Crippen LogP contribution in [0.25, 0.3) is 0 Å². The Morgan fingerprint density at radius 3 is 2.42 bits per heavy atom. The predicted octanol–water partition coefficient (Wildman–Crippen LogP) is 3.24. The zero-order valence-electron chi connectivity index (χ0n) is 13.4. The average Bonchev–Trinajstić information content (AvgIpc) is 2.23. The molecule has 1 rings (SSSR count). The van der Waals surface area contributed by atoms with Crippen LogP contribution >= 0.6 is 0 Å². The lowest BCUT2D eigenvalue weighted by molar-refractivity contribution is -0.123. The third kappa shape index (κ3) is 7.56. The average molecular weight is 268 g/mol. The Kier molecular flexibility index (Phi) is 5.84. The van der Waals surface area contributed by atoms with Gasteiger partial charge in [-0.25, -0.2) is 0 Å². The molecule has 3 heteroatoms. The third-order valence-corrected chi connectivity index (χ3v) is 3.58. The van der Waals surface area contributed by atoms with E-state index < -0.39 is 0 Å². The molecule has 1 aliphatic heterocycles.